The van der Waals surface area contributed by atoms with Gasteiger partial charge in [0.2, 0.25) is 0 Å². The van der Waals surface area contributed by atoms with Gasteiger partial charge in [0.05, 0.1) is 5.56 Å². The molecule has 0 radical (unpaired) electrons. The number of rotatable bonds is 6. The fraction of sp³-hybridized carbons (Fsp3) is 0.500. The number of pyridine rings is 1. The van der Waals surface area contributed by atoms with Crippen molar-refractivity contribution in [1.29, 1.82) is 0 Å². The van der Waals surface area contributed by atoms with Crippen LogP contribution >= 0.6 is 12.2 Å². The van der Waals surface area contributed by atoms with Gasteiger partial charge >= 0.3 is 6.18 Å². The molecule has 0 aliphatic rings. The quantitative estimate of drug-likeness (QED) is 0.791. The average molecular weight is 307 g/mol. The second kappa shape index (κ2) is 6.85. The highest BCUT2D eigenvalue weighted by molar-refractivity contribution is 7.80. The van der Waals surface area contributed by atoms with Crippen LogP contribution in [0.3, 0.4) is 0 Å². The molecular weight excluding hydrogens is 291 g/mol. The number of nitrogens with two attached hydrogens (primary N) is 1. The minimum Gasteiger partial charge on any atom is -0.389 e. The van der Waals surface area contributed by atoms with E-state index in [0.717, 1.165) is 6.07 Å². The van der Waals surface area contributed by atoms with Crippen molar-refractivity contribution in [3.8, 4) is 0 Å². The zero-order valence-electron chi connectivity index (χ0n) is 11.1. The number of aromatic nitrogens is 1. The second-order valence-electron chi connectivity index (χ2n) is 4.28. The number of anilines is 1. The van der Waals surface area contributed by atoms with E-state index in [4.69, 9.17) is 22.7 Å². The van der Waals surface area contributed by atoms with Crippen LogP contribution in [0.15, 0.2) is 12.1 Å². The molecule has 20 heavy (non-hydrogen) atoms. The van der Waals surface area contributed by atoms with Gasteiger partial charge in [-0.1, -0.05) is 12.2 Å². The van der Waals surface area contributed by atoms with Gasteiger partial charge in [-0.25, -0.2) is 4.98 Å². The SMILES string of the molecule is COCCC(C)Nc1nc(C(F)(F)F)ccc1C(N)=S. The largest absolute Gasteiger partial charge is 0.433 e. The maximum atomic E-state index is 12.7. The predicted octanol–water partition coefficient (Wildman–Crippen LogP) is 2.57. The molecule has 1 atom stereocenters. The second-order valence-corrected chi connectivity index (χ2v) is 4.72. The molecule has 112 valence electrons. The summed E-state index contributed by atoms with van der Waals surface area (Å²) in [4.78, 5) is 3.56. The molecule has 1 aromatic rings. The molecule has 1 aromatic heterocycles. The standard InChI is InChI=1S/C12H16F3N3OS/c1-7(5-6-19-2)17-11-8(10(16)20)3-4-9(18-11)12(13,14)15/h3-4,7H,5-6H2,1-2H3,(H2,16,20)(H,17,18). The van der Waals surface area contributed by atoms with E-state index in [1.165, 1.54) is 6.07 Å². The van der Waals surface area contributed by atoms with E-state index in [9.17, 15) is 13.2 Å². The smallest absolute Gasteiger partial charge is 0.389 e. The van der Waals surface area contributed by atoms with Gasteiger partial charge in [-0.15, -0.1) is 0 Å². The summed E-state index contributed by atoms with van der Waals surface area (Å²) in [6.07, 6.45) is -3.90. The highest BCUT2D eigenvalue weighted by Crippen LogP contribution is 2.29. The van der Waals surface area contributed by atoms with Crippen molar-refractivity contribution in [3.05, 3.63) is 23.4 Å². The Labute approximate surface area is 120 Å². The summed E-state index contributed by atoms with van der Waals surface area (Å²) in [5, 5.41) is 2.88. The molecule has 0 amide bonds. The van der Waals surface area contributed by atoms with Crippen LogP contribution in [0.25, 0.3) is 0 Å². The number of hydrogen-bond donors (Lipinski definition) is 2. The lowest BCUT2D eigenvalue weighted by molar-refractivity contribution is -0.141. The molecule has 0 bridgehead atoms. The monoisotopic (exact) mass is 307 g/mol. The number of alkyl halides is 3. The van der Waals surface area contributed by atoms with Gasteiger partial charge in [-0.3, -0.25) is 0 Å². The Kier molecular flexibility index (Phi) is 5.70. The molecule has 1 unspecified atom stereocenters. The van der Waals surface area contributed by atoms with Gasteiger partial charge in [0, 0.05) is 19.8 Å². The average Bonchev–Trinajstić information content (AvgIpc) is 2.34. The van der Waals surface area contributed by atoms with Gasteiger partial charge in [-0.2, -0.15) is 13.2 Å². The molecule has 0 aliphatic carbocycles. The van der Waals surface area contributed by atoms with Crippen molar-refractivity contribution in [2.24, 2.45) is 5.73 Å². The molecule has 4 nitrogen and oxygen atoms in total. The maximum Gasteiger partial charge on any atom is 0.433 e. The van der Waals surface area contributed by atoms with Gasteiger partial charge in [0.1, 0.15) is 16.5 Å². The number of methoxy groups -OCH3 is 1. The molecule has 1 rings (SSSR count). The number of halogens is 3. The lowest BCUT2D eigenvalue weighted by atomic mass is 10.2. The van der Waals surface area contributed by atoms with E-state index in [2.05, 4.69) is 10.3 Å². The van der Waals surface area contributed by atoms with Crippen LogP contribution in [0.5, 0.6) is 0 Å². The number of nitrogens with one attached hydrogen (secondary N) is 1. The molecule has 0 aliphatic heterocycles. The number of hydrogen-bond acceptors (Lipinski definition) is 4. The Morgan fingerprint density at radius 2 is 2.15 bits per heavy atom. The van der Waals surface area contributed by atoms with Crippen LogP contribution in [0.2, 0.25) is 0 Å². The molecule has 8 heteroatoms. The van der Waals surface area contributed by atoms with Gasteiger partial charge < -0.3 is 15.8 Å². The van der Waals surface area contributed by atoms with Crippen molar-refractivity contribution in [3.63, 3.8) is 0 Å². The Balaban J connectivity index is 3.03. The first-order chi connectivity index (χ1) is 9.25. The third-order valence-electron chi connectivity index (χ3n) is 2.59. The highest BCUT2D eigenvalue weighted by atomic mass is 32.1. The number of thiocarbonyl (C=S) groups is 1. The Bertz CT molecular complexity index is 480. The Morgan fingerprint density at radius 3 is 2.65 bits per heavy atom. The van der Waals surface area contributed by atoms with E-state index < -0.39 is 11.9 Å². The lowest BCUT2D eigenvalue weighted by Gasteiger charge is -2.18. The summed E-state index contributed by atoms with van der Waals surface area (Å²) < 4.78 is 42.9. The van der Waals surface area contributed by atoms with Crippen molar-refractivity contribution >= 4 is 23.0 Å². The third-order valence-corrected chi connectivity index (χ3v) is 2.81. The van der Waals surface area contributed by atoms with Crippen LogP contribution in [0, 0.1) is 0 Å². The Hall–Kier alpha value is -1.41. The fourth-order valence-electron chi connectivity index (χ4n) is 1.53. The summed E-state index contributed by atoms with van der Waals surface area (Å²) in [6.45, 7) is 2.29. The van der Waals surface area contributed by atoms with Gasteiger partial charge in [0.15, 0.2) is 0 Å². The molecule has 0 aromatic carbocycles. The fourth-order valence-corrected chi connectivity index (χ4v) is 1.69. The molecule has 0 spiro atoms. The van der Waals surface area contributed by atoms with Crippen molar-refractivity contribution < 1.29 is 17.9 Å². The van der Waals surface area contributed by atoms with Crippen molar-refractivity contribution in [2.45, 2.75) is 25.6 Å². The van der Waals surface area contributed by atoms with Gasteiger partial charge in [-0.05, 0) is 25.5 Å². The summed E-state index contributed by atoms with van der Waals surface area (Å²) in [6, 6.07) is 1.96. The van der Waals surface area contributed by atoms with E-state index >= 15 is 0 Å². The first-order valence-corrected chi connectivity index (χ1v) is 6.30. The van der Waals surface area contributed by atoms with Gasteiger partial charge in [0.25, 0.3) is 0 Å². The maximum absolute atomic E-state index is 12.7. The first kappa shape index (κ1) is 16.6. The number of nitrogens with zero attached hydrogens (tertiary/aromatic N) is 1. The van der Waals surface area contributed by atoms with E-state index in [0.29, 0.717) is 13.0 Å². The van der Waals surface area contributed by atoms with E-state index in [1.807, 2.05) is 6.92 Å². The normalized spacial score (nSPS) is 13.1. The Morgan fingerprint density at radius 1 is 1.50 bits per heavy atom. The zero-order chi connectivity index (χ0) is 15.3. The van der Waals surface area contributed by atoms with Crippen LogP contribution in [0.4, 0.5) is 19.0 Å². The zero-order valence-corrected chi connectivity index (χ0v) is 11.9. The lowest BCUT2D eigenvalue weighted by Crippen LogP contribution is -2.23. The first-order valence-electron chi connectivity index (χ1n) is 5.89. The highest BCUT2D eigenvalue weighted by Gasteiger charge is 2.33. The van der Waals surface area contributed by atoms with Crippen LogP contribution in [0.1, 0.15) is 24.6 Å². The molecule has 0 saturated carbocycles. The van der Waals surface area contributed by atoms with Crippen LogP contribution in [-0.4, -0.2) is 29.7 Å². The van der Waals surface area contributed by atoms with Crippen molar-refractivity contribution in [1.82, 2.24) is 4.98 Å². The molecule has 0 fully saturated rings. The predicted molar refractivity (Wildman–Crippen MR) is 74.7 cm³/mol. The van der Waals surface area contributed by atoms with E-state index in [1.54, 1.807) is 7.11 Å². The summed E-state index contributed by atoms with van der Waals surface area (Å²) in [7, 11) is 1.55. The molecular formula is C12H16F3N3OS. The molecule has 3 N–H and O–H groups in total. The summed E-state index contributed by atoms with van der Waals surface area (Å²) in [5.74, 6) is 0.0379. The number of ether oxygens (including phenoxy) is 1. The van der Waals surface area contributed by atoms with Crippen molar-refractivity contribution in [2.75, 3.05) is 19.0 Å². The topological polar surface area (TPSA) is 60.2 Å². The minimum absolute atomic E-state index is 0.00679. The van der Waals surface area contributed by atoms with Crippen LogP contribution < -0.4 is 11.1 Å². The third kappa shape index (κ3) is 4.61. The molecule has 0 saturated heterocycles. The van der Waals surface area contributed by atoms with Crippen LogP contribution in [-0.2, 0) is 10.9 Å². The minimum atomic E-state index is -4.51. The molecule has 1 heterocycles. The van der Waals surface area contributed by atoms with E-state index in [-0.39, 0.29) is 22.4 Å². The summed E-state index contributed by atoms with van der Waals surface area (Å²) in [5.41, 5.74) is 4.80. The summed E-state index contributed by atoms with van der Waals surface area (Å²) >= 11 is 4.82.